The van der Waals surface area contributed by atoms with Crippen LogP contribution in [0.4, 0.5) is 14.9 Å². The summed E-state index contributed by atoms with van der Waals surface area (Å²) in [6.07, 6.45) is -1.21. The van der Waals surface area contributed by atoms with Crippen molar-refractivity contribution in [1.29, 1.82) is 5.26 Å². The predicted octanol–water partition coefficient (Wildman–Crippen LogP) is 6.30. The van der Waals surface area contributed by atoms with Crippen LogP contribution in [0.2, 0.25) is 10.0 Å². The monoisotopic (exact) mass is 512 g/mol. The molecule has 35 heavy (non-hydrogen) atoms. The number of carbonyl (C=O) groups excluding carboxylic acids is 1. The summed E-state index contributed by atoms with van der Waals surface area (Å²) in [5.74, 6) is -1.42. The number of fused-ring (bicyclic) bond motifs is 1. The Hall–Kier alpha value is -4.26. The zero-order valence-corrected chi connectivity index (χ0v) is 19.2. The van der Waals surface area contributed by atoms with Crippen molar-refractivity contribution in [2.24, 2.45) is 0 Å². The van der Waals surface area contributed by atoms with Crippen LogP contribution in [-0.2, 0) is 6.54 Å². The molecule has 0 unspecified atom stereocenters. The van der Waals surface area contributed by atoms with Crippen LogP contribution in [-0.4, -0.2) is 22.1 Å². The zero-order chi connectivity index (χ0) is 25.1. The van der Waals surface area contributed by atoms with Gasteiger partial charge in [-0.1, -0.05) is 35.3 Å². The predicted molar refractivity (Wildman–Crippen MR) is 129 cm³/mol. The third-order valence-corrected chi connectivity index (χ3v) is 5.42. The van der Waals surface area contributed by atoms with Crippen molar-refractivity contribution in [3.63, 3.8) is 0 Å². The van der Waals surface area contributed by atoms with Crippen LogP contribution in [0.3, 0.4) is 0 Å². The van der Waals surface area contributed by atoms with Crippen molar-refractivity contribution in [3.8, 4) is 17.6 Å². The number of rotatable bonds is 6. The van der Waals surface area contributed by atoms with Crippen molar-refractivity contribution in [2.75, 3.05) is 5.32 Å². The molecule has 1 aromatic heterocycles. The molecule has 0 aliphatic heterocycles. The lowest BCUT2D eigenvalue weighted by Gasteiger charge is -2.13. The summed E-state index contributed by atoms with van der Waals surface area (Å²) in [6, 6.07) is 15.4. The summed E-state index contributed by atoms with van der Waals surface area (Å²) in [6.45, 7) is -0.168. The van der Waals surface area contributed by atoms with E-state index in [1.807, 2.05) is 6.07 Å². The number of anilines is 1. The summed E-state index contributed by atoms with van der Waals surface area (Å²) >= 11 is 12.1. The molecule has 0 saturated carbocycles. The first-order valence-corrected chi connectivity index (χ1v) is 10.8. The first kappa shape index (κ1) is 23.9. The van der Waals surface area contributed by atoms with E-state index in [9.17, 15) is 9.59 Å². The van der Waals surface area contributed by atoms with E-state index in [0.717, 1.165) is 0 Å². The van der Waals surface area contributed by atoms with Gasteiger partial charge < -0.3 is 20.1 Å². The average Bonchev–Trinajstić information content (AvgIpc) is 3.24. The molecular weight excluding hydrogens is 498 g/mol. The van der Waals surface area contributed by atoms with Gasteiger partial charge in [-0.3, -0.25) is 10.1 Å². The first-order chi connectivity index (χ1) is 16.7. The van der Waals surface area contributed by atoms with Crippen molar-refractivity contribution in [2.45, 2.75) is 6.54 Å². The van der Waals surface area contributed by atoms with Crippen LogP contribution < -0.4 is 15.4 Å². The molecular formula is C24H15Cl2FN4O4. The molecule has 4 N–H and O–H groups in total. The number of ether oxygens (including phenoxy) is 1. The smallest absolute Gasteiger partial charge is 0.409 e. The normalized spacial score (nSPS) is 10.6. The summed E-state index contributed by atoms with van der Waals surface area (Å²) in [7, 11) is 0. The molecule has 0 aliphatic rings. The summed E-state index contributed by atoms with van der Waals surface area (Å²) in [4.78, 5) is 26.3. The van der Waals surface area contributed by atoms with Crippen LogP contribution in [0.5, 0.6) is 11.5 Å². The fraction of sp³-hybridized carbons (Fsp3) is 0.0417. The molecule has 0 aliphatic carbocycles. The summed E-state index contributed by atoms with van der Waals surface area (Å²) in [5.41, 5.74) is 1.45. The highest BCUT2D eigenvalue weighted by atomic mass is 35.5. The van der Waals surface area contributed by atoms with Crippen molar-refractivity contribution < 1.29 is 23.8 Å². The maximum Gasteiger partial charge on any atom is 0.409 e. The molecule has 0 saturated heterocycles. The van der Waals surface area contributed by atoms with Gasteiger partial charge in [0, 0.05) is 33.7 Å². The minimum atomic E-state index is -1.21. The van der Waals surface area contributed by atoms with E-state index < -0.39 is 17.8 Å². The van der Waals surface area contributed by atoms with Crippen molar-refractivity contribution in [1.82, 2.24) is 10.3 Å². The number of aromatic nitrogens is 1. The number of benzene rings is 3. The van der Waals surface area contributed by atoms with Gasteiger partial charge in [0.25, 0.3) is 5.91 Å². The van der Waals surface area contributed by atoms with Gasteiger partial charge in [-0.15, -0.1) is 0 Å². The minimum absolute atomic E-state index is 0.00236. The quantitative estimate of drug-likeness (QED) is 0.241. The van der Waals surface area contributed by atoms with Gasteiger partial charge in [-0.05, 0) is 42.5 Å². The number of hydrogen-bond acceptors (Lipinski definition) is 4. The Morgan fingerprint density at radius 3 is 2.66 bits per heavy atom. The molecule has 0 bridgehead atoms. The topological polar surface area (TPSA) is 127 Å². The molecule has 4 rings (SSSR count). The third kappa shape index (κ3) is 5.46. The van der Waals surface area contributed by atoms with E-state index in [1.54, 1.807) is 24.3 Å². The molecule has 11 heteroatoms. The SMILES string of the molecule is N#Cc1cc(Cl)cc(Oc2c(Cl)ccc(CNC(=O)c3cc4ccc(NC(=O)O)cc4[nH]3)c2F)c1. The molecule has 4 aromatic rings. The molecule has 3 aromatic carbocycles. The molecule has 0 fully saturated rings. The van der Waals surface area contributed by atoms with E-state index in [0.29, 0.717) is 16.6 Å². The summed E-state index contributed by atoms with van der Waals surface area (Å²) in [5, 5.41) is 23.7. The highest BCUT2D eigenvalue weighted by molar-refractivity contribution is 6.32. The largest absolute Gasteiger partial charge is 0.465 e. The van der Waals surface area contributed by atoms with Gasteiger partial charge in [0.15, 0.2) is 11.6 Å². The Morgan fingerprint density at radius 2 is 1.91 bits per heavy atom. The fourth-order valence-electron chi connectivity index (χ4n) is 3.33. The average molecular weight is 513 g/mol. The van der Waals surface area contributed by atoms with Gasteiger partial charge in [0.1, 0.15) is 11.4 Å². The summed E-state index contributed by atoms with van der Waals surface area (Å²) < 4.78 is 20.7. The highest BCUT2D eigenvalue weighted by Crippen LogP contribution is 2.35. The zero-order valence-electron chi connectivity index (χ0n) is 17.7. The number of carbonyl (C=O) groups is 2. The van der Waals surface area contributed by atoms with Crippen molar-refractivity contribution in [3.05, 3.63) is 87.3 Å². The van der Waals surface area contributed by atoms with Gasteiger partial charge in [-0.25, -0.2) is 9.18 Å². The van der Waals surface area contributed by atoms with Crippen LogP contribution in [0.25, 0.3) is 10.9 Å². The number of aromatic amines is 1. The molecule has 0 radical (unpaired) electrons. The molecule has 0 atom stereocenters. The van der Waals surface area contributed by atoms with Crippen LogP contribution in [0.1, 0.15) is 21.6 Å². The Bertz CT molecular complexity index is 1510. The second-order valence-electron chi connectivity index (χ2n) is 7.34. The van der Waals surface area contributed by atoms with Crippen LogP contribution in [0.15, 0.2) is 54.6 Å². The molecule has 0 spiro atoms. The number of nitrogens with one attached hydrogen (secondary N) is 3. The van der Waals surface area contributed by atoms with Gasteiger partial charge in [-0.2, -0.15) is 5.26 Å². The number of hydrogen-bond donors (Lipinski definition) is 4. The lowest BCUT2D eigenvalue weighted by Crippen LogP contribution is -2.23. The Labute approximate surface area is 207 Å². The lowest BCUT2D eigenvalue weighted by molar-refractivity contribution is 0.0946. The molecule has 8 nitrogen and oxygen atoms in total. The van der Waals surface area contributed by atoms with Gasteiger partial charge in [0.05, 0.1) is 16.7 Å². The number of nitriles is 1. The van der Waals surface area contributed by atoms with E-state index in [1.165, 1.54) is 30.3 Å². The van der Waals surface area contributed by atoms with E-state index in [4.69, 9.17) is 38.3 Å². The van der Waals surface area contributed by atoms with Gasteiger partial charge >= 0.3 is 6.09 Å². The second-order valence-corrected chi connectivity index (χ2v) is 8.18. The van der Waals surface area contributed by atoms with Gasteiger partial charge in [0.2, 0.25) is 0 Å². The number of carboxylic acid groups (broad SMARTS) is 1. The number of amides is 2. The van der Waals surface area contributed by atoms with Crippen LogP contribution in [0, 0.1) is 17.1 Å². The van der Waals surface area contributed by atoms with Crippen molar-refractivity contribution >= 4 is 51.8 Å². The molecule has 2 amide bonds. The first-order valence-electron chi connectivity index (χ1n) is 10.00. The fourth-order valence-corrected chi connectivity index (χ4v) is 3.74. The second kappa shape index (κ2) is 9.93. The number of H-pyrrole nitrogens is 1. The Morgan fingerprint density at radius 1 is 1.11 bits per heavy atom. The maximum absolute atomic E-state index is 15.1. The minimum Gasteiger partial charge on any atom is -0.465 e. The van der Waals surface area contributed by atoms with E-state index in [2.05, 4.69) is 15.6 Å². The number of nitrogens with zero attached hydrogens (tertiary/aromatic N) is 1. The maximum atomic E-state index is 15.1. The highest BCUT2D eigenvalue weighted by Gasteiger charge is 2.17. The standard InChI is InChI=1S/C24H15Cl2FN4O4/c25-15-5-12(10-28)6-17(8-15)35-22-18(26)4-2-14(21(22)27)11-29-23(32)20-7-13-1-3-16(30-24(33)34)9-19(13)31-20/h1-9,30-31H,11H2,(H,29,32)(H,33,34). The Balaban J connectivity index is 1.51. The lowest BCUT2D eigenvalue weighted by atomic mass is 10.2. The number of halogens is 3. The van der Waals surface area contributed by atoms with E-state index in [-0.39, 0.29) is 44.9 Å². The molecule has 1 heterocycles. The molecule has 176 valence electrons. The third-order valence-electron chi connectivity index (χ3n) is 4.91. The van der Waals surface area contributed by atoms with Crippen LogP contribution >= 0.6 is 23.2 Å². The van der Waals surface area contributed by atoms with E-state index >= 15 is 4.39 Å². The Kier molecular flexibility index (Phi) is 6.78.